The third-order valence-electron chi connectivity index (χ3n) is 2.08. The van der Waals surface area contributed by atoms with Crippen molar-refractivity contribution in [1.82, 2.24) is 0 Å². The zero-order valence-corrected chi connectivity index (χ0v) is 12.4. The van der Waals surface area contributed by atoms with E-state index in [0.29, 0.717) is 0 Å². The van der Waals surface area contributed by atoms with Gasteiger partial charge in [-0.25, -0.2) is 13.2 Å². The molecule has 0 spiro atoms. The Kier molecular flexibility index (Phi) is 5.20. The minimum atomic E-state index is -4.01. The van der Waals surface area contributed by atoms with E-state index in [1.54, 1.807) is 20.8 Å². The Bertz CT molecular complexity index is 565. The van der Waals surface area contributed by atoms with E-state index in [-0.39, 0.29) is 28.9 Å². The molecule has 0 radical (unpaired) electrons. The first-order chi connectivity index (χ1) is 8.75. The van der Waals surface area contributed by atoms with E-state index < -0.39 is 15.0 Å². The van der Waals surface area contributed by atoms with Crippen LogP contribution in [0.1, 0.15) is 31.1 Å². The lowest BCUT2D eigenvalue weighted by Gasteiger charge is -2.13. The van der Waals surface area contributed by atoms with Crippen molar-refractivity contribution >= 4 is 25.7 Å². The van der Waals surface area contributed by atoms with Crippen LogP contribution in [0.4, 0.5) is 0 Å². The highest BCUT2D eigenvalue weighted by atomic mass is 35.7. The molecule has 0 unspecified atom stereocenters. The van der Waals surface area contributed by atoms with E-state index in [2.05, 4.69) is 0 Å². The zero-order chi connectivity index (χ0) is 14.6. The van der Waals surface area contributed by atoms with Crippen LogP contribution in [0.25, 0.3) is 0 Å². The first kappa shape index (κ1) is 15.8. The van der Waals surface area contributed by atoms with Gasteiger partial charge in [-0.2, -0.15) is 0 Å². The van der Waals surface area contributed by atoms with Crippen LogP contribution in [0.15, 0.2) is 23.1 Å². The first-order valence-corrected chi connectivity index (χ1v) is 7.99. The molecule has 0 heterocycles. The van der Waals surface area contributed by atoms with Crippen molar-refractivity contribution < 1.29 is 22.7 Å². The molecule has 0 saturated carbocycles. The molecular formula is C12H15ClO5S. The maximum Gasteiger partial charge on any atom is 0.338 e. The van der Waals surface area contributed by atoms with Gasteiger partial charge in [0.25, 0.3) is 9.05 Å². The van der Waals surface area contributed by atoms with Crippen molar-refractivity contribution in [1.29, 1.82) is 0 Å². The number of carbonyl (C=O) groups is 1. The molecule has 0 saturated heterocycles. The number of halogens is 1. The third kappa shape index (κ3) is 4.40. The Hall–Kier alpha value is -1.27. The summed E-state index contributed by atoms with van der Waals surface area (Å²) >= 11 is 0. The molecule has 19 heavy (non-hydrogen) atoms. The van der Waals surface area contributed by atoms with Crippen LogP contribution in [0, 0.1) is 0 Å². The molecule has 0 fully saturated rings. The summed E-state index contributed by atoms with van der Waals surface area (Å²) in [5.41, 5.74) is 0.109. The average Bonchev–Trinajstić information content (AvgIpc) is 2.27. The number of esters is 1. The molecule has 1 rings (SSSR count). The van der Waals surface area contributed by atoms with E-state index in [4.69, 9.17) is 20.2 Å². The molecule has 0 aliphatic carbocycles. The van der Waals surface area contributed by atoms with Gasteiger partial charge >= 0.3 is 5.97 Å². The van der Waals surface area contributed by atoms with Crippen LogP contribution in [0.3, 0.4) is 0 Å². The Balaban J connectivity index is 3.27. The maximum atomic E-state index is 11.6. The van der Waals surface area contributed by atoms with Gasteiger partial charge < -0.3 is 9.47 Å². The number of rotatable bonds is 5. The van der Waals surface area contributed by atoms with Gasteiger partial charge in [-0.1, -0.05) is 0 Å². The van der Waals surface area contributed by atoms with Crippen molar-refractivity contribution in [2.45, 2.75) is 31.8 Å². The topological polar surface area (TPSA) is 69.7 Å². The summed E-state index contributed by atoms with van der Waals surface area (Å²) in [6.45, 7) is 5.37. The predicted molar refractivity (Wildman–Crippen MR) is 71.2 cm³/mol. The summed E-state index contributed by atoms with van der Waals surface area (Å²) in [7, 11) is 1.33. The number of carbonyl (C=O) groups excluding carboxylic acids is 1. The van der Waals surface area contributed by atoms with E-state index in [1.807, 2.05) is 0 Å². The fourth-order valence-electron chi connectivity index (χ4n) is 1.39. The van der Waals surface area contributed by atoms with Crippen LogP contribution in [0.5, 0.6) is 5.75 Å². The smallest absolute Gasteiger partial charge is 0.338 e. The lowest BCUT2D eigenvalue weighted by molar-refractivity contribution is 0.0526. The Labute approximate surface area is 116 Å². The summed E-state index contributed by atoms with van der Waals surface area (Å²) in [6, 6.07) is 3.97. The van der Waals surface area contributed by atoms with Gasteiger partial charge in [-0.05, 0) is 39.0 Å². The second kappa shape index (κ2) is 6.25. The molecular weight excluding hydrogens is 292 g/mol. The lowest BCUT2D eigenvalue weighted by atomic mass is 10.2. The predicted octanol–water partition coefficient (Wildman–Crippen LogP) is 2.58. The van der Waals surface area contributed by atoms with E-state index in [0.717, 1.165) is 6.07 Å². The van der Waals surface area contributed by atoms with Gasteiger partial charge in [0.05, 0.1) is 18.3 Å². The maximum absolute atomic E-state index is 11.6. The van der Waals surface area contributed by atoms with Crippen molar-refractivity contribution in [3.8, 4) is 5.75 Å². The highest BCUT2D eigenvalue weighted by Crippen LogP contribution is 2.29. The lowest BCUT2D eigenvalue weighted by Crippen LogP contribution is -2.10. The SMILES string of the molecule is CCOC(=O)c1ccc(OC(C)C)c(S(=O)(=O)Cl)c1. The van der Waals surface area contributed by atoms with Gasteiger partial charge in [-0.3, -0.25) is 0 Å². The Morgan fingerprint density at radius 2 is 2.00 bits per heavy atom. The summed E-state index contributed by atoms with van der Waals surface area (Å²) in [5.74, 6) is -0.502. The van der Waals surface area contributed by atoms with Crippen LogP contribution in [0.2, 0.25) is 0 Å². The van der Waals surface area contributed by atoms with Gasteiger partial charge in [-0.15, -0.1) is 0 Å². The van der Waals surface area contributed by atoms with Crippen molar-refractivity contribution in [3.63, 3.8) is 0 Å². The van der Waals surface area contributed by atoms with E-state index >= 15 is 0 Å². The van der Waals surface area contributed by atoms with Crippen LogP contribution >= 0.6 is 10.7 Å². The highest BCUT2D eigenvalue weighted by Gasteiger charge is 2.20. The van der Waals surface area contributed by atoms with Crippen LogP contribution in [-0.4, -0.2) is 27.1 Å². The molecule has 0 bridgehead atoms. The molecule has 5 nitrogen and oxygen atoms in total. The molecule has 1 aromatic carbocycles. The monoisotopic (exact) mass is 306 g/mol. The Morgan fingerprint density at radius 3 is 2.47 bits per heavy atom. The standard InChI is InChI=1S/C12H15ClO5S/c1-4-17-12(14)9-5-6-10(18-8(2)3)11(7-9)19(13,15)16/h5-8H,4H2,1-3H3. The largest absolute Gasteiger partial charge is 0.490 e. The molecule has 0 atom stereocenters. The molecule has 0 N–H and O–H groups in total. The van der Waals surface area contributed by atoms with Gasteiger partial charge in [0, 0.05) is 10.7 Å². The van der Waals surface area contributed by atoms with Crippen molar-refractivity contribution in [2.75, 3.05) is 6.61 Å². The minimum absolute atomic E-state index is 0.109. The number of hydrogen-bond donors (Lipinski definition) is 0. The molecule has 0 aromatic heterocycles. The van der Waals surface area contributed by atoms with Gasteiger partial charge in [0.1, 0.15) is 10.6 Å². The molecule has 0 aliphatic heterocycles. The molecule has 7 heteroatoms. The summed E-state index contributed by atoms with van der Waals surface area (Å²) in [4.78, 5) is 11.3. The minimum Gasteiger partial charge on any atom is -0.490 e. The number of hydrogen-bond acceptors (Lipinski definition) is 5. The summed E-state index contributed by atoms with van der Waals surface area (Å²) in [6.07, 6.45) is -0.217. The molecule has 106 valence electrons. The van der Waals surface area contributed by atoms with Crippen LogP contribution < -0.4 is 4.74 Å². The average molecular weight is 307 g/mol. The van der Waals surface area contributed by atoms with Gasteiger partial charge in [0.15, 0.2) is 0 Å². The number of ether oxygens (including phenoxy) is 2. The van der Waals surface area contributed by atoms with E-state index in [1.165, 1.54) is 12.1 Å². The Morgan fingerprint density at radius 1 is 1.37 bits per heavy atom. The second-order valence-corrected chi connectivity index (χ2v) is 6.52. The zero-order valence-electron chi connectivity index (χ0n) is 10.8. The molecule has 0 aliphatic rings. The summed E-state index contributed by atoms with van der Waals surface area (Å²) < 4.78 is 33.2. The third-order valence-corrected chi connectivity index (χ3v) is 3.42. The first-order valence-electron chi connectivity index (χ1n) is 5.68. The van der Waals surface area contributed by atoms with E-state index in [9.17, 15) is 13.2 Å². The fourth-order valence-corrected chi connectivity index (χ4v) is 2.38. The highest BCUT2D eigenvalue weighted by molar-refractivity contribution is 8.13. The number of benzene rings is 1. The fraction of sp³-hybridized carbons (Fsp3) is 0.417. The molecule has 0 amide bonds. The van der Waals surface area contributed by atoms with Crippen molar-refractivity contribution in [2.24, 2.45) is 0 Å². The second-order valence-electron chi connectivity index (χ2n) is 3.99. The molecule has 1 aromatic rings. The quantitative estimate of drug-likeness (QED) is 0.617. The normalized spacial score (nSPS) is 11.4. The van der Waals surface area contributed by atoms with Crippen LogP contribution in [-0.2, 0) is 13.8 Å². The van der Waals surface area contributed by atoms with Gasteiger partial charge in [0.2, 0.25) is 0 Å². The van der Waals surface area contributed by atoms with Crippen molar-refractivity contribution in [3.05, 3.63) is 23.8 Å². The summed E-state index contributed by atoms with van der Waals surface area (Å²) in [5, 5.41) is 0.